The molecule has 1 aromatic rings. The number of ether oxygens (including phenoxy) is 3. The third-order valence-electron chi connectivity index (χ3n) is 3.81. The number of rotatable bonds is 5. The van der Waals surface area contributed by atoms with Crippen molar-refractivity contribution in [3.05, 3.63) is 35.9 Å². The topological polar surface area (TPSA) is 82.1 Å². The van der Waals surface area contributed by atoms with E-state index in [1.54, 1.807) is 0 Å². The number of carbonyl (C=O) groups excluding carboxylic acids is 1. The van der Waals surface area contributed by atoms with Crippen LogP contribution in [0.3, 0.4) is 0 Å². The van der Waals surface area contributed by atoms with Gasteiger partial charge in [-0.15, -0.1) is 9.24 Å². The summed E-state index contributed by atoms with van der Waals surface area (Å²) in [6.07, 6.45) is 1.69. The van der Waals surface area contributed by atoms with Crippen molar-refractivity contribution < 1.29 is 28.9 Å². The van der Waals surface area contributed by atoms with E-state index in [-0.39, 0.29) is 24.8 Å². The SMILES string of the molecule is CC(C)(CCP)C(=O)OC1CCOC(c2ccccc2)OC1.O=CO. The minimum Gasteiger partial charge on any atom is -0.483 e. The molecule has 25 heavy (non-hydrogen) atoms. The molecular formula is C18H27O6P. The smallest absolute Gasteiger partial charge is 0.311 e. The molecule has 0 radical (unpaired) electrons. The van der Waals surface area contributed by atoms with E-state index < -0.39 is 5.41 Å². The second-order valence-electron chi connectivity index (χ2n) is 6.29. The van der Waals surface area contributed by atoms with E-state index in [9.17, 15) is 4.79 Å². The molecule has 1 aliphatic heterocycles. The molecule has 3 atom stereocenters. The number of esters is 1. The van der Waals surface area contributed by atoms with Crippen molar-refractivity contribution in [3.63, 3.8) is 0 Å². The Kier molecular flexibility index (Phi) is 9.65. The van der Waals surface area contributed by atoms with Gasteiger partial charge in [-0.1, -0.05) is 30.3 Å². The fourth-order valence-corrected chi connectivity index (χ4v) is 3.02. The Balaban J connectivity index is 0.000000970. The minimum absolute atomic E-state index is 0.165. The number of carbonyl (C=O) groups is 2. The zero-order chi connectivity index (χ0) is 18.7. The van der Waals surface area contributed by atoms with Gasteiger partial charge in [-0.3, -0.25) is 9.59 Å². The van der Waals surface area contributed by atoms with Crippen molar-refractivity contribution in [2.24, 2.45) is 5.41 Å². The third-order valence-corrected chi connectivity index (χ3v) is 4.10. The lowest BCUT2D eigenvalue weighted by molar-refractivity contribution is -0.167. The molecule has 2 rings (SSSR count). The van der Waals surface area contributed by atoms with E-state index >= 15 is 0 Å². The van der Waals surface area contributed by atoms with E-state index in [0.29, 0.717) is 19.6 Å². The third kappa shape index (κ3) is 7.51. The molecular weight excluding hydrogens is 343 g/mol. The minimum atomic E-state index is -0.465. The van der Waals surface area contributed by atoms with Gasteiger partial charge in [-0.2, -0.15) is 0 Å². The summed E-state index contributed by atoms with van der Waals surface area (Å²) in [5.41, 5.74) is 0.520. The maximum Gasteiger partial charge on any atom is 0.311 e. The number of hydrogen-bond donors (Lipinski definition) is 1. The standard InChI is InChI=1S/C17H25O4P.CH2O2/c1-17(2,9-11-22)16(18)21-14-8-10-19-15(20-12-14)13-6-4-3-5-7-13;2-1-3/h3-7,14-15H,8-12,22H2,1-2H3;1H,(H,2,3). The van der Waals surface area contributed by atoms with Gasteiger partial charge in [0.25, 0.3) is 6.47 Å². The van der Waals surface area contributed by atoms with Crippen molar-refractivity contribution in [3.8, 4) is 0 Å². The first kappa shape index (κ1) is 21.6. The molecule has 6 nitrogen and oxygen atoms in total. The van der Waals surface area contributed by atoms with Gasteiger partial charge in [0.2, 0.25) is 0 Å². The maximum atomic E-state index is 12.3. The predicted molar refractivity (Wildman–Crippen MR) is 97.3 cm³/mol. The lowest BCUT2D eigenvalue weighted by atomic mass is 9.90. The largest absolute Gasteiger partial charge is 0.483 e. The second-order valence-corrected chi connectivity index (χ2v) is 6.87. The van der Waals surface area contributed by atoms with Crippen LogP contribution in [0.2, 0.25) is 0 Å². The first-order chi connectivity index (χ1) is 11.9. The van der Waals surface area contributed by atoms with Crippen molar-refractivity contribution in [1.29, 1.82) is 0 Å². The van der Waals surface area contributed by atoms with Crippen LogP contribution in [0, 0.1) is 5.41 Å². The van der Waals surface area contributed by atoms with Crippen LogP contribution in [0.5, 0.6) is 0 Å². The molecule has 0 amide bonds. The highest BCUT2D eigenvalue weighted by molar-refractivity contribution is 7.16. The number of hydrogen-bond acceptors (Lipinski definition) is 5. The van der Waals surface area contributed by atoms with E-state index in [0.717, 1.165) is 18.1 Å². The number of carboxylic acid groups (broad SMARTS) is 1. The van der Waals surface area contributed by atoms with E-state index in [4.69, 9.17) is 24.1 Å². The van der Waals surface area contributed by atoms with Gasteiger partial charge in [-0.05, 0) is 26.4 Å². The van der Waals surface area contributed by atoms with Crippen LogP contribution in [0.1, 0.15) is 38.5 Å². The van der Waals surface area contributed by atoms with Crippen LogP contribution < -0.4 is 0 Å². The normalized spacial score (nSPS) is 20.6. The molecule has 1 fully saturated rings. The Morgan fingerprint density at radius 2 is 2.00 bits per heavy atom. The van der Waals surface area contributed by atoms with Crippen LogP contribution in [0.4, 0.5) is 0 Å². The Labute approximate surface area is 151 Å². The molecule has 1 aromatic carbocycles. The van der Waals surface area contributed by atoms with Gasteiger partial charge in [0.1, 0.15) is 6.10 Å². The second kappa shape index (κ2) is 11.2. The average Bonchev–Trinajstić information content (AvgIpc) is 2.82. The lowest BCUT2D eigenvalue weighted by Gasteiger charge is -2.25. The quantitative estimate of drug-likeness (QED) is 0.487. The van der Waals surface area contributed by atoms with Crippen LogP contribution in [-0.2, 0) is 23.8 Å². The molecule has 140 valence electrons. The van der Waals surface area contributed by atoms with Gasteiger partial charge in [0.05, 0.1) is 18.6 Å². The van der Waals surface area contributed by atoms with Crippen LogP contribution in [0.25, 0.3) is 0 Å². The molecule has 7 heteroatoms. The fraction of sp³-hybridized carbons (Fsp3) is 0.556. The molecule has 1 aliphatic rings. The fourth-order valence-electron chi connectivity index (χ4n) is 2.30. The van der Waals surface area contributed by atoms with Gasteiger partial charge < -0.3 is 19.3 Å². The molecule has 0 aromatic heterocycles. The maximum absolute atomic E-state index is 12.3. The summed E-state index contributed by atoms with van der Waals surface area (Å²) in [6, 6.07) is 9.81. The molecule has 1 saturated heterocycles. The van der Waals surface area contributed by atoms with Crippen LogP contribution >= 0.6 is 9.24 Å². The summed E-state index contributed by atoms with van der Waals surface area (Å²) in [7, 11) is 2.65. The highest BCUT2D eigenvalue weighted by atomic mass is 31.0. The summed E-state index contributed by atoms with van der Waals surface area (Å²) in [5, 5.41) is 6.89. The molecule has 1 N–H and O–H groups in total. The summed E-state index contributed by atoms with van der Waals surface area (Å²) < 4.78 is 17.1. The Morgan fingerprint density at radius 1 is 1.36 bits per heavy atom. The molecule has 1 heterocycles. The van der Waals surface area contributed by atoms with Crippen molar-refractivity contribution in [2.45, 2.75) is 39.1 Å². The van der Waals surface area contributed by atoms with Crippen molar-refractivity contribution in [2.75, 3.05) is 19.4 Å². The highest BCUT2D eigenvalue weighted by Crippen LogP contribution is 2.27. The van der Waals surface area contributed by atoms with E-state index in [1.807, 2.05) is 44.2 Å². The zero-order valence-electron chi connectivity index (χ0n) is 14.7. The lowest BCUT2D eigenvalue weighted by Crippen LogP contribution is -2.33. The van der Waals surface area contributed by atoms with Crippen LogP contribution in [0.15, 0.2) is 30.3 Å². The molecule has 0 saturated carbocycles. The first-order valence-corrected chi connectivity index (χ1v) is 9.03. The Bertz CT molecular complexity index is 520. The zero-order valence-corrected chi connectivity index (χ0v) is 15.9. The monoisotopic (exact) mass is 370 g/mol. The van der Waals surface area contributed by atoms with Gasteiger partial charge in [0, 0.05) is 12.0 Å². The van der Waals surface area contributed by atoms with Gasteiger partial charge in [0.15, 0.2) is 6.29 Å². The van der Waals surface area contributed by atoms with E-state index in [1.165, 1.54) is 0 Å². The first-order valence-electron chi connectivity index (χ1n) is 8.21. The van der Waals surface area contributed by atoms with Crippen LogP contribution in [-0.4, -0.2) is 43.0 Å². The summed E-state index contributed by atoms with van der Waals surface area (Å²) >= 11 is 0. The summed E-state index contributed by atoms with van der Waals surface area (Å²) in [4.78, 5) is 20.6. The summed E-state index contributed by atoms with van der Waals surface area (Å²) in [6.45, 7) is 4.46. The molecule has 3 unspecified atom stereocenters. The molecule has 0 spiro atoms. The molecule has 0 aliphatic carbocycles. The average molecular weight is 370 g/mol. The Hall–Kier alpha value is -1.49. The van der Waals surface area contributed by atoms with Gasteiger partial charge in [-0.25, -0.2) is 0 Å². The highest BCUT2D eigenvalue weighted by Gasteiger charge is 2.32. The predicted octanol–water partition coefficient (Wildman–Crippen LogP) is 3.03. The van der Waals surface area contributed by atoms with E-state index in [2.05, 4.69) is 9.24 Å². The Morgan fingerprint density at radius 3 is 2.60 bits per heavy atom. The number of benzene rings is 1. The van der Waals surface area contributed by atoms with Crippen molar-refractivity contribution in [1.82, 2.24) is 0 Å². The van der Waals surface area contributed by atoms with Gasteiger partial charge >= 0.3 is 5.97 Å². The molecule has 0 bridgehead atoms. The van der Waals surface area contributed by atoms with Crippen molar-refractivity contribution >= 4 is 21.7 Å². The summed E-state index contributed by atoms with van der Waals surface area (Å²) in [5.74, 6) is -0.165.